The first kappa shape index (κ1) is 21.5. The predicted molar refractivity (Wildman–Crippen MR) is 119 cm³/mol. The maximum Gasteiger partial charge on any atom is 0.324 e. The average molecular weight is 456 g/mol. The molecule has 0 bridgehead atoms. The van der Waals surface area contributed by atoms with Crippen LogP contribution in [0.2, 0.25) is 5.02 Å². The van der Waals surface area contributed by atoms with E-state index in [2.05, 4.69) is 25.8 Å². The first-order valence-electron chi connectivity index (χ1n) is 9.62. The Morgan fingerprint density at radius 2 is 1.91 bits per heavy atom. The molecule has 0 saturated carbocycles. The van der Waals surface area contributed by atoms with E-state index in [0.29, 0.717) is 21.7 Å². The number of halogens is 2. The van der Waals surface area contributed by atoms with Gasteiger partial charge in [0, 0.05) is 28.3 Å². The smallest absolute Gasteiger partial charge is 0.324 e. The standard InChI is InChI=1S/C22H19ClFN5O3/c1-22(2,3)18-10-19(29-32-18)28-21(30)27-13-5-7-17(15(24)9-13)31-20-14-6-4-12(23)8-16(14)25-11-26-20/h4-11H,1-3H3,(H2,27,28,29,30). The van der Waals surface area contributed by atoms with Crippen LogP contribution < -0.4 is 15.4 Å². The maximum absolute atomic E-state index is 14.6. The van der Waals surface area contributed by atoms with Gasteiger partial charge in [-0.2, -0.15) is 0 Å². The monoisotopic (exact) mass is 455 g/mol. The number of ether oxygens (including phenoxy) is 1. The second kappa shape index (κ2) is 8.43. The lowest BCUT2D eigenvalue weighted by molar-refractivity contribution is 0.262. The highest BCUT2D eigenvalue weighted by Gasteiger charge is 2.20. The number of carbonyl (C=O) groups excluding carboxylic acids is 1. The van der Waals surface area contributed by atoms with E-state index >= 15 is 0 Å². The first-order valence-corrected chi connectivity index (χ1v) is 10.00. The summed E-state index contributed by atoms with van der Waals surface area (Å²) in [5.41, 5.74) is 0.551. The van der Waals surface area contributed by atoms with E-state index in [0.717, 1.165) is 6.07 Å². The fourth-order valence-corrected chi connectivity index (χ4v) is 2.98. The number of hydrogen-bond acceptors (Lipinski definition) is 6. The Labute approximate surface area is 187 Å². The Bertz CT molecular complexity index is 1300. The number of aromatic nitrogens is 3. The van der Waals surface area contributed by atoms with Crippen LogP contribution in [0.3, 0.4) is 0 Å². The van der Waals surface area contributed by atoms with Crippen LogP contribution in [0.25, 0.3) is 10.9 Å². The number of rotatable bonds is 4. The zero-order valence-electron chi connectivity index (χ0n) is 17.4. The second-order valence-electron chi connectivity index (χ2n) is 7.99. The average Bonchev–Trinajstić information content (AvgIpc) is 3.19. The van der Waals surface area contributed by atoms with Crippen LogP contribution in [0.4, 0.5) is 20.7 Å². The third-order valence-electron chi connectivity index (χ3n) is 4.45. The van der Waals surface area contributed by atoms with Gasteiger partial charge >= 0.3 is 6.03 Å². The van der Waals surface area contributed by atoms with Crippen molar-refractivity contribution in [1.29, 1.82) is 0 Å². The minimum Gasteiger partial charge on any atom is -0.435 e. The molecule has 2 heterocycles. The zero-order valence-corrected chi connectivity index (χ0v) is 18.2. The van der Waals surface area contributed by atoms with Gasteiger partial charge < -0.3 is 14.6 Å². The molecule has 0 aliphatic carbocycles. The van der Waals surface area contributed by atoms with Crippen LogP contribution >= 0.6 is 11.6 Å². The molecule has 0 saturated heterocycles. The largest absolute Gasteiger partial charge is 0.435 e. The van der Waals surface area contributed by atoms with Gasteiger partial charge in [-0.05, 0) is 30.3 Å². The Hall–Kier alpha value is -3.72. The molecule has 10 heteroatoms. The number of hydrogen-bond donors (Lipinski definition) is 2. The number of fused-ring (bicyclic) bond motifs is 1. The van der Waals surface area contributed by atoms with Gasteiger partial charge in [0.15, 0.2) is 17.4 Å². The Kier molecular flexibility index (Phi) is 5.67. The molecule has 0 atom stereocenters. The minimum absolute atomic E-state index is 0.0581. The topological polar surface area (TPSA) is 102 Å². The summed E-state index contributed by atoms with van der Waals surface area (Å²) in [5, 5.41) is 9.99. The first-order chi connectivity index (χ1) is 15.2. The summed E-state index contributed by atoms with van der Waals surface area (Å²) in [7, 11) is 0. The third kappa shape index (κ3) is 4.78. The Balaban J connectivity index is 1.46. The van der Waals surface area contributed by atoms with Crippen LogP contribution in [0, 0.1) is 5.82 Å². The SMILES string of the molecule is CC(C)(C)c1cc(NC(=O)Nc2ccc(Oc3ncnc4cc(Cl)ccc34)c(F)c2)no1. The van der Waals surface area contributed by atoms with Crippen LogP contribution in [0.1, 0.15) is 26.5 Å². The number of amides is 2. The molecule has 2 aromatic carbocycles. The fourth-order valence-electron chi connectivity index (χ4n) is 2.82. The zero-order chi connectivity index (χ0) is 22.9. The van der Waals surface area contributed by atoms with Crippen molar-refractivity contribution >= 4 is 40.0 Å². The predicted octanol–water partition coefficient (Wildman–Crippen LogP) is 6.14. The number of benzene rings is 2. The maximum atomic E-state index is 14.6. The Morgan fingerprint density at radius 1 is 1.09 bits per heavy atom. The van der Waals surface area contributed by atoms with Gasteiger partial charge in [0.05, 0.1) is 10.9 Å². The highest BCUT2D eigenvalue weighted by Crippen LogP contribution is 2.31. The van der Waals surface area contributed by atoms with Gasteiger partial charge in [-0.1, -0.05) is 37.5 Å². The van der Waals surface area contributed by atoms with Crippen molar-refractivity contribution in [2.75, 3.05) is 10.6 Å². The van der Waals surface area contributed by atoms with Gasteiger partial charge in [-0.25, -0.2) is 19.2 Å². The van der Waals surface area contributed by atoms with E-state index in [1.807, 2.05) is 20.8 Å². The van der Waals surface area contributed by atoms with Crippen molar-refractivity contribution < 1.29 is 18.4 Å². The molecule has 0 aliphatic heterocycles. The summed E-state index contributed by atoms with van der Waals surface area (Å²) in [6, 6.07) is 10.1. The van der Waals surface area contributed by atoms with Crippen molar-refractivity contribution in [3.8, 4) is 11.6 Å². The van der Waals surface area contributed by atoms with Gasteiger partial charge in [0.1, 0.15) is 12.1 Å². The molecule has 0 fully saturated rings. The summed E-state index contributed by atoms with van der Waals surface area (Å²) >= 11 is 5.98. The van der Waals surface area contributed by atoms with E-state index in [-0.39, 0.29) is 28.5 Å². The lowest BCUT2D eigenvalue weighted by atomic mass is 9.93. The van der Waals surface area contributed by atoms with Gasteiger partial charge in [0.25, 0.3) is 0 Å². The fraction of sp³-hybridized carbons (Fsp3) is 0.182. The lowest BCUT2D eigenvalue weighted by Crippen LogP contribution is -2.19. The highest BCUT2D eigenvalue weighted by molar-refractivity contribution is 6.31. The minimum atomic E-state index is -0.681. The van der Waals surface area contributed by atoms with Crippen LogP contribution in [-0.2, 0) is 5.41 Å². The summed E-state index contributed by atoms with van der Waals surface area (Å²) < 4.78 is 25.5. The molecule has 4 aromatic rings. The highest BCUT2D eigenvalue weighted by atomic mass is 35.5. The van der Waals surface area contributed by atoms with Crippen LogP contribution in [0.15, 0.2) is 53.3 Å². The van der Waals surface area contributed by atoms with Crippen molar-refractivity contribution in [3.63, 3.8) is 0 Å². The van der Waals surface area contributed by atoms with Gasteiger partial charge in [-0.3, -0.25) is 5.32 Å². The van der Waals surface area contributed by atoms with E-state index in [1.165, 1.54) is 18.5 Å². The van der Waals surface area contributed by atoms with E-state index in [1.54, 1.807) is 24.3 Å². The third-order valence-corrected chi connectivity index (χ3v) is 4.68. The molecular weight excluding hydrogens is 437 g/mol. The number of urea groups is 1. The number of carbonyl (C=O) groups is 1. The number of anilines is 2. The van der Waals surface area contributed by atoms with Crippen molar-refractivity contribution in [3.05, 3.63) is 65.4 Å². The molecule has 164 valence electrons. The molecule has 0 spiro atoms. The second-order valence-corrected chi connectivity index (χ2v) is 8.43. The lowest BCUT2D eigenvalue weighted by Gasteiger charge is -2.12. The molecule has 8 nitrogen and oxygen atoms in total. The number of nitrogens with zero attached hydrogens (tertiary/aromatic N) is 3. The molecular formula is C22H19ClFN5O3. The van der Waals surface area contributed by atoms with Gasteiger partial charge in [-0.15, -0.1) is 0 Å². The van der Waals surface area contributed by atoms with Crippen molar-refractivity contribution in [2.24, 2.45) is 0 Å². The quantitative estimate of drug-likeness (QED) is 0.383. The van der Waals surface area contributed by atoms with Gasteiger partial charge in [0.2, 0.25) is 5.88 Å². The number of nitrogens with one attached hydrogen (secondary N) is 2. The molecule has 2 N–H and O–H groups in total. The summed E-state index contributed by atoms with van der Waals surface area (Å²) in [6.45, 7) is 5.88. The molecule has 32 heavy (non-hydrogen) atoms. The van der Waals surface area contributed by atoms with E-state index < -0.39 is 11.8 Å². The van der Waals surface area contributed by atoms with Crippen molar-refractivity contribution in [1.82, 2.24) is 15.1 Å². The molecule has 2 aromatic heterocycles. The van der Waals surface area contributed by atoms with Crippen molar-refractivity contribution in [2.45, 2.75) is 26.2 Å². The molecule has 4 rings (SSSR count). The summed E-state index contributed by atoms with van der Waals surface area (Å²) in [4.78, 5) is 20.4. The normalized spacial score (nSPS) is 11.4. The van der Waals surface area contributed by atoms with Crippen LogP contribution in [-0.4, -0.2) is 21.2 Å². The summed E-state index contributed by atoms with van der Waals surface area (Å²) in [6.07, 6.45) is 1.31. The Morgan fingerprint density at radius 3 is 2.62 bits per heavy atom. The van der Waals surface area contributed by atoms with E-state index in [9.17, 15) is 9.18 Å². The van der Waals surface area contributed by atoms with Crippen LogP contribution in [0.5, 0.6) is 11.6 Å². The molecule has 0 radical (unpaired) electrons. The summed E-state index contributed by atoms with van der Waals surface area (Å²) in [5.74, 6) is 0.324. The molecule has 0 unspecified atom stereocenters. The molecule has 2 amide bonds. The van der Waals surface area contributed by atoms with E-state index in [4.69, 9.17) is 20.9 Å². The molecule has 0 aliphatic rings.